The average Bonchev–Trinajstić information content (AvgIpc) is 2.87. The van der Waals surface area contributed by atoms with E-state index in [1.54, 1.807) is 6.07 Å². The molecular formula is C31H31NO4S. The number of ether oxygens (including phenoxy) is 1. The van der Waals surface area contributed by atoms with E-state index in [1.807, 2.05) is 30.3 Å². The molecule has 1 unspecified atom stereocenters. The van der Waals surface area contributed by atoms with Crippen molar-refractivity contribution in [2.45, 2.75) is 50.7 Å². The van der Waals surface area contributed by atoms with E-state index in [0.29, 0.717) is 4.90 Å². The van der Waals surface area contributed by atoms with E-state index in [9.17, 15) is 14.1 Å². The third kappa shape index (κ3) is 5.45. The smallest absolute Gasteiger partial charge is 0.318 e. The van der Waals surface area contributed by atoms with Gasteiger partial charge in [-0.1, -0.05) is 60.7 Å². The number of fused-ring (bicyclic) bond motifs is 2. The quantitative estimate of drug-likeness (QED) is 0.305. The van der Waals surface area contributed by atoms with Crippen molar-refractivity contribution < 1.29 is 18.8 Å². The van der Waals surface area contributed by atoms with Crippen LogP contribution in [0.5, 0.6) is 5.75 Å². The van der Waals surface area contributed by atoms with Crippen molar-refractivity contribution in [1.29, 1.82) is 0 Å². The standard InChI is InChI=1S/C31H31NO4S/c1-21-17-22(11-13-26(21)28-10-6-8-23-7-4-5-9-27(23)28)19-32(20-30(33)34)37(35)25-12-14-29-24(18-25)15-16-31(2,3)36-29/h4-14,17-18H,15-16,19-20H2,1-3H3,(H,33,34). The average molecular weight is 514 g/mol. The topological polar surface area (TPSA) is 66.8 Å². The summed E-state index contributed by atoms with van der Waals surface area (Å²) < 4.78 is 21.1. The van der Waals surface area contributed by atoms with Gasteiger partial charge in [0.05, 0.1) is 4.90 Å². The van der Waals surface area contributed by atoms with Gasteiger partial charge in [-0.2, -0.15) is 0 Å². The molecule has 1 N–H and O–H groups in total. The van der Waals surface area contributed by atoms with Crippen LogP contribution in [0.25, 0.3) is 21.9 Å². The van der Waals surface area contributed by atoms with Crippen LogP contribution in [0.3, 0.4) is 0 Å². The van der Waals surface area contributed by atoms with E-state index in [0.717, 1.165) is 46.4 Å². The van der Waals surface area contributed by atoms with Gasteiger partial charge in [0.2, 0.25) is 0 Å². The van der Waals surface area contributed by atoms with E-state index in [2.05, 4.69) is 63.2 Å². The maximum absolute atomic E-state index is 13.6. The van der Waals surface area contributed by atoms with Crippen LogP contribution in [0.1, 0.15) is 37.0 Å². The highest BCUT2D eigenvalue weighted by Crippen LogP contribution is 2.35. The molecule has 1 aliphatic rings. The Balaban J connectivity index is 1.41. The van der Waals surface area contributed by atoms with Crippen LogP contribution in [-0.2, 0) is 28.7 Å². The summed E-state index contributed by atoms with van der Waals surface area (Å²) in [5, 5.41) is 11.9. The molecule has 5 rings (SSSR count). The van der Waals surface area contributed by atoms with Crippen molar-refractivity contribution in [3.63, 3.8) is 0 Å². The molecule has 37 heavy (non-hydrogen) atoms. The van der Waals surface area contributed by atoms with Crippen molar-refractivity contribution in [1.82, 2.24) is 4.31 Å². The molecule has 5 nitrogen and oxygen atoms in total. The Morgan fingerprint density at radius 1 is 1.00 bits per heavy atom. The summed E-state index contributed by atoms with van der Waals surface area (Å²) in [7, 11) is -1.63. The highest BCUT2D eigenvalue weighted by atomic mass is 32.2. The first kappa shape index (κ1) is 25.2. The zero-order chi connectivity index (χ0) is 26.2. The summed E-state index contributed by atoms with van der Waals surface area (Å²) >= 11 is 0. The number of aliphatic carboxylic acids is 1. The van der Waals surface area contributed by atoms with Crippen LogP contribution in [0.2, 0.25) is 0 Å². The Hall–Kier alpha value is -3.48. The molecule has 0 radical (unpaired) electrons. The highest BCUT2D eigenvalue weighted by Gasteiger charge is 2.28. The molecule has 1 aliphatic heterocycles. The lowest BCUT2D eigenvalue weighted by atomic mass is 9.94. The SMILES string of the molecule is Cc1cc(CN(CC(=O)O)S(=O)c2ccc3c(c2)CCC(C)(C)O3)ccc1-c1cccc2ccccc12. The molecule has 6 heteroatoms. The minimum Gasteiger partial charge on any atom is -0.488 e. The van der Waals surface area contributed by atoms with E-state index in [1.165, 1.54) is 15.1 Å². The van der Waals surface area contributed by atoms with Crippen molar-refractivity contribution in [3.05, 3.63) is 95.6 Å². The molecular weight excluding hydrogens is 482 g/mol. The van der Waals surface area contributed by atoms with Crippen LogP contribution < -0.4 is 4.74 Å². The van der Waals surface area contributed by atoms with Gasteiger partial charge < -0.3 is 9.84 Å². The van der Waals surface area contributed by atoms with Gasteiger partial charge in [-0.15, -0.1) is 0 Å². The maximum Gasteiger partial charge on any atom is 0.318 e. The Morgan fingerprint density at radius 3 is 2.57 bits per heavy atom. The molecule has 0 saturated carbocycles. The van der Waals surface area contributed by atoms with E-state index >= 15 is 0 Å². The van der Waals surface area contributed by atoms with Gasteiger partial charge in [-0.3, -0.25) is 4.79 Å². The second-order valence-corrected chi connectivity index (χ2v) is 11.7. The van der Waals surface area contributed by atoms with Crippen LogP contribution in [-0.4, -0.2) is 31.7 Å². The molecule has 190 valence electrons. The fourth-order valence-corrected chi connectivity index (χ4v) is 6.23. The Labute approximate surface area is 220 Å². The number of aryl methyl sites for hydroxylation is 2. The number of nitrogens with zero attached hydrogens (tertiary/aromatic N) is 1. The summed E-state index contributed by atoms with van der Waals surface area (Å²) in [6.45, 7) is 6.12. The molecule has 0 bridgehead atoms. The van der Waals surface area contributed by atoms with Gasteiger partial charge in [-0.05, 0) is 90.4 Å². The maximum atomic E-state index is 13.6. The van der Waals surface area contributed by atoms with Gasteiger partial charge in [0, 0.05) is 6.54 Å². The Morgan fingerprint density at radius 2 is 1.78 bits per heavy atom. The zero-order valence-corrected chi connectivity index (χ0v) is 22.2. The molecule has 0 aromatic heterocycles. The first-order chi connectivity index (χ1) is 17.7. The van der Waals surface area contributed by atoms with Gasteiger partial charge in [0.25, 0.3) is 0 Å². The zero-order valence-electron chi connectivity index (χ0n) is 21.4. The summed E-state index contributed by atoms with van der Waals surface area (Å²) in [6.07, 6.45) is 1.71. The van der Waals surface area contributed by atoms with Crippen LogP contribution in [0, 0.1) is 6.92 Å². The third-order valence-electron chi connectivity index (χ3n) is 6.89. The number of rotatable bonds is 7. The van der Waals surface area contributed by atoms with Gasteiger partial charge in [0.1, 0.15) is 28.9 Å². The minimum absolute atomic E-state index is 0.223. The first-order valence-corrected chi connectivity index (χ1v) is 13.6. The fraction of sp³-hybridized carbons (Fsp3) is 0.258. The molecule has 4 aromatic rings. The second-order valence-electron chi connectivity index (χ2n) is 10.2. The van der Waals surface area contributed by atoms with Crippen LogP contribution in [0.15, 0.2) is 83.8 Å². The second kappa shape index (κ2) is 10.1. The molecule has 0 amide bonds. The van der Waals surface area contributed by atoms with E-state index < -0.39 is 17.0 Å². The predicted molar refractivity (Wildman–Crippen MR) is 148 cm³/mol. The lowest BCUT2D eigenvalue weighted by Crippen LogP contribution is -2.33. The molecule has 1 atom stereocenters. The van der Waals surface area contributed by atoms with Crippen LogP contribution in [0.4, 0.5) is 0 Å². The van der Waals surface area contributed by atoms with Crippen molar-refractivity contribution >= 4 is 27.7 Å². The Bertz CT molecular complexity index is 1510. The number of carbonyl (C=O) groups is 1. The molecule has 0 saturated heterocycles. The molecule has 1 heterocycles. The van der Waals surface area contributed by atoms with Crippen molar-refractivity contribution in [2.75, 3.05) is 6.54 Å². The van der Waals surface area contributed by atoms with Gasteiger partial charge in [-0.25, -0.2) is 8.51 Å². The minimum atomic E-state index is -1.63. The number of benzene rings is 4. The molecule has 0 spiro atoms. The first-order valence-electron chi connectivity index (χ1n) is 12.5. The monoisotopic (exact) mass is 513 g/mol. The predicted octanol–water partition coefficient (Wildman–Crippen LogP) is 6.53. The summed E-state index contributed by atoms with van der Waals surface area (Å²) in [6, 6.07) is 26.3. The lowest BCUT2D eigenvalue weighted by Gasteiger charge is -2.32. The Kier molecular flexibility index (Phi) is 6.88. The number of hydrogen-bond acceptors (Lipinski definition) is 3. The lowest BCUT2D eigenvalue weighted by molar-refractivity contribution is -0.137. The fourth-order valence-electron chi connectivity index (χ4n) is 5.01. The van der Waals surface area contributed by atoms with Gasteiger partial charge in [0.15, 0.2) is 0 Å². The molecule has 0 fully saturated rings. The van der Waals surface area contributed by atoms with Crippen LogP contribution >= 0.6 is 0 Å². The summed E-state index contributed by atoms with van der Waals surface area (Å²) in [5.74, 6) is -0.207. The van der Waals surface area contributed by atoms with E-state index in [4.69, 9.17) is 4.74 Å². The largest absolute Gasteiger partial charge is 0.488 e. The summed E-state index contributed by atoms with van der Waals surface area (Å²) in [5.41, 5.74) is 5.08. The molecule has 4 aromatic carbocycles. The number of hydrogen-bond donors (Lipinski definition) is 1. The van der Waals surface area contributed by atoms with Gasteiger partial charge >= 0.3 is 5.97 Å². The third-order valence-corrected chi connectivity index (χ3v) is 8.28. The van der Waals surface area contributed by atoms with Crippen molar-refractivity contribution in [2.24, 2.45) is 0 Å². The number of carboxylic acids is 1. The van der Waals surface area contributed by atoms with E-state index in [-0.39, 0.29) is 18.7 Å². The molecule has 0 aliphatic carbocycles. The van der Waals surface area contributed by atoms with Crippen molar-refractivity contribution in [3.8, 4) is 16.9 Å². The normalized spacial score (nSPS) is 15.2. The summed E-state index contributed by atoms with van der Waals surface area (Å²) in [4.78, 5) is 12.3. The highest BCUT2D eigenvalue weighted by molar-refractivity contribution is 7.82. The number of carboxylic acid groups (broad SMARTS) is 1.